The van der Waals surface area contributed by atoms with Crippen molar-refractivity contribution in [3.63, 3.8) is 0 Å². The van der Waals surface area contributed by atoms with Crippen LogP contribution in [0.3, 0.4) is 0 Å². The van der Waals surface area contributed by atoms with Crippen molar-refractivity contribution < 1.29 is 19.1 Å². The molecule has 2 aromatic rings. The molecule has 0 radical (unpaired) electrons. The first kappa shape index (κ1) is 20.4. The highest BCUT2D eigenvalue weighted by atomic mass is 16.5. The molecule has 1 saturated heterocycles. The first-order chi connectivity index (χ1) is 14.0. The fourth-order valence-electron chi connectivity index (χ4n) is 3.33. The lowest BCUT2D eigenvalue weighted by Crippen LogP contribution is -2.36. The molecule has 0 spiro atoms. The van der Waals surface area contributed by atoms with Crippen molar-refractivity contribution in [1.29, 1.82) is 0 Å². The number of aryl methyl sites for hydroxylation is 1. The Labute approximate surface area is 170 Å². The summed E-state index contributed by atoms with van der Waals surface area (Å²) in [5, 5.41) is 5.20. The van der Waals surface area contributed by atoms with Gasteiger partial charge in [-0.2, -0.15) is 0 Å². The van der Waals surface area contributed by atoms with Crippen LogP contribution in [0.1, 0.15) is 30.4 Å². The summed E-state index contributed by atoms with van der Waals surface area (Å²) in [6, 6.07) is 12.6. The molecule has 7 nitrogen and oxygen atoms in total. The smallest absolute Gasteiger partial charge is 0.313 e. The van der Waals surface area contributed by atoms with Gasteiger partial charge in [-0.15, -0.1) is 0 Å². The van der Waals surface area contributed by atoms with Gasteiger partial charge in [0.25, 0.3) is 0 Å². The van der Waals surface area contributed by atoms with Crippen molar-refractivity contribution in [2.24, 2.45) is 0 Å². The van der Waals surface area contributed by atoms with Crippen LogP contribution in [-0.2, 0) is 20.9 Å². The molecule has 0 atom stereocenters. The van der Waals surface area contributed by atoms with Gasteiger partial charge >= 0.3 is 11.8 Å². The molecule has 0 unspecified atom stereocenters. The molecule has 0 bridgehead atoms. The minimum atomic E-state index is -0.764. The number of ether oxygens (including phenoxy) is 1. The molecular weight excluding hydrogens is 370 g/mol. The van der Waals surface area contributed by atoms with E-state index < -0.39 is 11.8 Å². The Morgan fingerprint density at radius 1 is 1.10 bits per heavy atom. The molecule has 2 aromatic carbocycles. The number of methoxy groups -OCH3 is 1. The van der Waals surface area contributed by atoms with Gasteiger partial charge in [-0.1, -0.05) is 24.3 Å². The zero-order valence-electron chi connectivity index (χ0n) is 16.7. The number of nitrogens with zero attached hydrogens (tertiary/aromatic N) is 1. The number of piperidine rings is 1. The summed E-state index contributed by atoms with van der Waals surface area (Å²) in [6.45, 7) is 2.76. The molecule has 0 aliphatic carbocycles. The number of carbonyl (C=O) groups is 3. The number of carbonyl (C=O) groups excluding carboxylic acids is 3. The van der Waals surface area contributed by atoms with E-state index in [4.69, 9.17) is 4.74 Å². The molecule has 1 aliphatic rings. The normalized spacial score (nSPS) is 13.7. The summed E-state index contributed by atoms with van der Waals surface area (Å²) in [5.41, 5.74) is 2.96. The van der Waals surface area contributed by atoms with Crippen molar-refractivity contribution in [2.75, 3.05) is 23.9 Å². The Morgan fingerprint density at radius 2 is 1.90 bits per heavy atom. The Hall–Kier alpha value is -3.35. The molecule has 3 rings (SSSR count). The lowest BCUT2D eigenvalue weighted by Gasteiger charge is -2.28. The first-order valence-electron chi connectivity index (χ1n) is 9.61. The highest BCUT2D eigenvalue weighted by Gasteiger charge is 2.22. The second kappa shape index (κ2) is 9.23. The Morgan fingerprint density at radius 3 is 2.66 bits per heavy atom. The van der Waals surface area contributed by atoms with Gasteiger partial charge in [0.2, 0.25) is 5.91 Å². The van der Waals surface area contributed by atoms with Crippen LogP contribution in [0, 0.1) is 6.92 Å². The molecule has 0 aromatic heterocycles. The zero-order valence-corrected chi connectivity index (χ0v) is 16.7. The Bertz CT molecular complexity index is 926. The molecular formula is C22H25N3O4. The summed E-state index contributed by atoms with van der Waals surface area (Å²) < 4.78 is 5.24. The second-order valence-corrected chi connectivity index (χ2v) is 6.95. The largest absolute Gasteiger partial charge is 0.496 e. The van der Waals surface area contributed by atoms with E-state index >= 15 is 0 Å². The van der Waals surface area contributed by atoms with Gasteiger partial charge in [-0.3, -0.25) is 14.4 Å². The van der Waals surface area contributed by atoms with Gasteiger partial charge in [0.1, 0.15) is 5.75 Å². The summed E-state index contributed by atoms with van der Waals surface area (Å²) in [4.78, 5) is 38.5. The Kier molecular flexibility index (Phi) is 6.49. The van der Waals surface area contributed by atoms with Crippen LogP contribution >= 0.6 is 0 Å². The minimum Gasteiger partial charge on any atom is -0.496 e. The molecule has 7 heteroatoms. The Balaban J connectivity index is 1.64. The van der Waals surface area contributed by atoms with E-state index in [1.165, 1.54) is 0 Å². The monoisotopic (exact) mass is 395 g/mol. The molecule has 1 aliphatic heterocycles. The fraction of sp³-hybridized carbons (Fsp3) is 0.318. The van der Waals surface area contributed by atoms with Gasteiger partial charge in [0, 0.05) is 36.4 Å². The van der Waals surface area contributed by atoms with Crippen LogP contribution in [0.4, 0.5) is 11.4 Å². The summed E-state index contributed by atoms with van der Waals surface area (Å²) in [5.74, 6) is -0.785. The van der Waals surface area contributed by atoms with Crippen molar-refractivity contribution in [3.05, 3.63) is 53.6 Å². The third-order valence-electron chi connectivity index (χ3n) is 4.92. The highest BCUT2D eigenvalue weighted by Crippen LogP contribution is 2.27. The number of hydrogen-bond acceptors (Lipinski definition) is 4. The van der Waals surface area contributed by atoms with Gasteiger partial charge in [-0.05, 0) is 43.5 Å². The van der Waals surface area contributed by atoms with Crippen molar-refractivity contribution in [1.82, 2.24) is 5.32 Å². The van der Waals surface area contributed by atoms with Crippen LogP contribution in [0.2, 0.25) is 0 Å². The van der Waals surface area contributed by atoms with E-state index in [0.717, 1.165) is 29.7 Å². The number of amides is 3. The second-order valence-electron chi connectivity index (χ2n) is 6.95. The van der Waals surface area contributed by atoms with Crippen LogP contribution in [0.25, 0.3) is 0 Å². The SMILES string of the molecule is COc1ccccc1CNC(=O)C(=O)Nc1ccc(C)c(N2CCCCC2=O)c1. The highest BCUT2D eigenvalue weighted by molar-refractivity contribution is 6.39. The van der Waals surface area contributed by atoms with Crippen LogP contribution in [-0.4, -0.2) is 31.4 Å². The fourth-order valence-corrected chi connectivity index (χ4v) is 3.33. The van der Waals surface area contributed by atoms with Gasteiger partial charge in [-0.25, -0.2) is 0 Å². The van der Waals surface area contributed by atoms with Gasteiger partial charge in [0.15, 0.2) is 0 Å². The quantitative estimate of drug-likeness (QED) is 0.762. The summed E-state index contributed by atoms with van der Waals surface area (Å²) in [7, 11) is 1.55. The number of rotatable bonds is 5. The minimum absolute atomic E-state index is 0.0809. The average Bonchev–Trinajstić information content (AvgIpc) is 2.74. The summed E-state index contributed by atoms with van der Waals surface area (Å²) >= 11 is 0. The number of nitrogens with one attached hydrogen (secondary N) is 2. The maximum absolute atomic E-state index is 12.3. The standard InChI is InChI=1S/C22H25N3O4/c1-15-10-11-17(13-18(15)25-12-6-5-9-20(25)26)24-22(28)21(27)23-14-16-7-3-4-8-19(16)29-2/h3-4,7-8,10-11,13H,5-6,9,12,14H2,1-2H3,(H,23,27)(H,24,28). The van der Waals surface area contributed by atoms with Crippen LogP contribution in [0.15, 0.2) is 42.5 Å². The van der Waals surface area contributed by atoms with E-state index in [-0.39, 0.29) is 12.5 Å². The number of para-hydroxylation sites is 1. The molecule has 1 heterocycles. The maximum atomic E-state index is 12.3. The molecule has 2 N–H and O–H groups in total. The topological polar surface area (TPSA) is 87.7 Å². The zero-order chi connectivity index (χ0) is 20.8. The van der Waals surface area contributed by atoms with E-state index in [0.29, 0.717) is 24.4 Å². The first-order valence-corrected chi connectivity index (χ1v) is 9.61. The lowest BCUT2D eigenvalue weighted by atomic mass is 10.1. The number of anilines is 2. The number of benzene rings is 2. The van der Waals surface area contributed by atoms with E-state index in [9.17, 15) is 14.4 Å². The third-order valence-corrected chi connectivity index (χ3v) is 4.92. The maximum Gasteiger partial charge on any atom is 0.313 e. The van der Waals surface area contributed by atoms with Crippen molar-refractivity contribution in [2.45, 2.75) is 32.7 Å². The van der Waals surface area contributed by atoms with Gasteiger partial charge < -0.3 is 20.3 Å². The van der Waals surface area contributed by atoms with E-state index in [1.807, 2.05) is 31.2 Å². The average molecular weight is 395 g/mol. The van der Waals surface area contributed by atoms with Crippen molar-refractivity contribution in [3.8, 4) is 5.75 Å². The molecule has 29 heavy (non-hydrogen) atoms. The predicted molar refractivity (Wildman–Crippen MR) is 111 cm³/mol. The molecule has 152 valence electrons. The number of hydrogen-bond donors (Lipinski definition) is 2. The summed E-state index contributed by atoms with van der Waals surface area (Å²) in [6.07, 6.45) is 2.38. The van der Waals surface area contributed by atoms with E-state index in [2.05, 4.69) is 10.6 Å². The van der Waals surface area contributed by atoms with Crippen LogP contribution < -0.4 is 20.3 Å². The molecule has 3 amide bonds. The van der Waals surface area contributed by atoms with Gasteiger partial charge in [0.05, 0.1) is 7.11 Å². The third kappa shape index (κ3) is 4.93. The van der Waals surface area contributed by atoms with Crippen molar-refractivity contribution >= 4 is 29.1 Å². The van der Waals surface area contributed by atoms with E-state index in [1.54, 1.807) is 30.2 Å². The lowest BCUT2D eigenvalue weighted by molar-refractivity contribution is -0.136. The van der Waals surface area contributed by atoms with Crippen LogP contribution in [0.5, 0.6) is 5.75 Å². The predicted octanol–water partition coefficient (Wildman–Crippen LogP) is 2.78. The molecule has 0 saturated carbocycles. The molecule has 1 fully saturated rings.